The van der Waals surface area contributed by atoms with E-state index in [-0.39, 0.29) is 16.1 Å². The molecule has 0 aliphatic carbocycles. The number of hydrogen-bond acceptors (Lipinski definition) is 2. The first kappa shape index (κ1) is 14.4. The number of hydrogen-bond donors (Lipinski definition) is 1. The summed E-state index contributed by atoms with van der Waals surface area (Å²) < 4.78 is 19.6. The molecule has 0 amide bonds. The van der Waals surface area contributed by atoms with Gasteiger partial charge in [0.25, 0.3) is 0 Å². The van der Waals surface area contributed by atoms with Crippen molar-refractivity contribution in [1.29, 1.82) is 0 Å². The van der Waals surface area contributed by atoms with Gasteiger partial charge >= 0.3 is 0 Å². The Hall–Kier alpha value is -1.06. The zero-order valence-corrected chi connectivity index (χ0v) is 12.5. The van der Waals surface area contributed by atoms with Crippen molar-refractivity contribution in [2.24, 2.45) is 0 Å². The Bertz CT molecular complexity index is 598. The Morgan fingerprint density at radius 2 is 2.00 bits per heavy atom. The van der Waals surface area contributed by atoms with E-state index in [1.165, 1.54) is 0 Å². The van der Waals surface area contributed by atoms with Crippen LogP contribution in [0.3, 0.4) is 0 Å². The van der Waals surface area contributed by atoms with Crippen LogP contribution in [0.1, 0.15) is 39.0 Å². The lowest BCUT2D eigenvalue weighted by Gasteiger charge is -2.19. The fourth-order valence-electron chi connectivity index (χ4n) is 2.08. The molecule has 2 nitrogen and oxygen atoms in total. The summed E-state index contributed by atoms with van der Waals surface area (Å²) in [6.07, 6.45) is 0.801. The highest BCUT2D eigenvalue weighted by molar-refractivity contribution is 6.31. The highest BCUT2D eigenvalue weighted by Crippen LogP contribution is 2.32. The number of halogens is 2. The van der Waals surface area contributed by atoms with E-state index in [4.69, 9.17) is 16.0 Å². The number of benzene rings is 1. The van der Waals surface area contributed by atoms with Gasteiger partial charge in [0.1, 0.15) is 5.76 Å². The Kier molecular flexibility index (Phi) is 3.88. The quantitative estimate of drug-likeness (QED) is 0.885. The normalized spacial score (nSPS) is 12.3. The predicted octanol–water partition coefficient (Wildman–Crippen LogP) is 4.68. The molecule has 0 saturated carbocycles. The fraction of sp³-hybridized carbons (Fsp3) is 0.467. The largest absolute Gasteiger partial charge is 0.456 e. The third kappa shape index (κ3) is 2.93. The third-order valence-electron chi connectivity index (χ3n) is 3.07. The number of aryl methyl sites for hydroxylation is 1. The minimum atomic E-state index is -0.476. The molecule has 4 heteroatoms. The van der Waals surface area contributed by atoms with Crippen LogP contribution in [0.5, 0.6) is 0 Å². The Balaban J connectivity index is 2.47. The molecular weight excluding hydrogens is 265 g/mol. The van der Waals surface area contributed by atoms with Gasteiger partial charge in [0, 0.05) is 16.5 Å². The highest BCUT2D eigenvalue weighted by atomic mass is 35.5. The van der Waals surface area contributed by atoms with Crippen LogP contribution in [0.2, 0.25) is 5.02 Å². The van der Waals surface area contributed by atoms with Gasteiger partial charge in [-0.15, -0.1) is 0 Å². The molecule has 0 aliphatic heterocycles. The lowest BCUT2D eigenvalue weighted by Crippen LogP contribution is -2.35. The number of furan rings is 1. The van der Waals surface area contributed by atoms with Crippen molar-refractivity contribution >= 4 is 22.6 Å². The third-order valence-corrected chi connectivity index (χ3v) is 3.36. The van der Waals surface area contributed by atoms with Gasteiger partial charge in [-0.05, 0) is 39.3 Å². The average molecular weight is 284 g/mol. The summed E-state index contributed by atoms with van der Waals surface area (Å²) in [5.41, 5.74) is 1.29. The summed E-state index contributed by atoms with van der Waals surface area (Å²) in [4.78, 5) is 0. The van der Waals surface area contributed by atoms with E-state index in [9.17, 15) is 4.39 Å². The molecule has 0 spiro atoms. The molecule has 0 saturated heterocycles. The minimum Gasteiger partial charge on any atom is -0.456 e. The van der Waals surface area contributed by atoms with Crippen LogP contribution in [0, 0.1) is 5.82 Å². The Labute approximate surface area is 117 Å². The topological polar surface area (TPSA) is 25.2 Å². The second-order valence-corrected chi connectivity index (χ2v) is 6.11. The van der Waals surface area contributed by atoms with Gasteiger partial charge in [-0.25, -0.2) is 4.39 Å². The van der Waals surface area contributed by atoms with Gasteiger partial charge in [0.2, 0.25) is 0 Å². The van der Waals surface area contributed by atoms with E-state index in [1.54, 1.807) is 6.07 Å². The molecule has 2 rings (SSSR count). The maximum Gasteiger partial charge on any atom is 0.184 e. The molecule has 1 N–H and O–H groups in total. The number of nitrogens with one attached hydrogen (secondary N) is 1. The van der Waals surface area contributed by atoms with Crippen LogP contribution in [-0.2, 0) is 13.0 Å². The van der Waals surface area contributed by atoms with Crippen LogP contribution < -0.4 is 5.32 Å². The van der Waals surface area contributed by atoms with Crippen LogP contribution in [0.15, 0.2) is 16.5 Å². The van der Waals surface area contributed by atoms with Gasteiger partial charge < -0.3 is 9.73 Å². The van der Waals surface area contributed by atoms with Gasteiger partial charge in [-0.1, -0.05) is 18.5 Å². The van der Waals surface area contributed by atoms with Gasteiger partial charge in [0.05, 0.1) is 11.6 Å². The van der Waals surface area contributed by atoms with Gasteiger partial charge in [-0.3, -0.25) is 0 Å². The average Bonchev–Trinajstić information content (AvgIpc) is 2.69. The zero-order valence-electron chi connectivity index (χ0n) is 11.7. The maximum atomic E-state index is 14.0. The van der Waals surface area contributed by atoms with E-state index < -0.39 is 5.82 Å². The van der Waals surface area contributed by atoms with Crippen LogP contribution in [-0.4, -0.2) is 5.54 Å². The molecular formula is C15H19ClFNO. The number of fused-ring (bicyclic) bond motifs is 1. The van der Waals surface area contributed by atoms with Crippen LogP contribution >= 0.6 is 11.6 Å². The van der Waals surface area contributed by atoms with E-state index in [0.29, 0.717) is 6.54 Å². The zero-order chi connectivity index (χ0) is 14.2. The highest BCUT2D eigenvalue weighted by Gasteiger charge is 2.19. The second kappa shape index (κ2) is 5.14. The van der Waals surface area contributed by atoms with Crippen molar-refractivity contribution in [1.82, 2.24) is 5.32 Å². The molecule has 1 aromatic carbocycles. The molecule has 104 valence electrons. The minimum absolute atomic E-state index is 0.0137. The Morgan fingerprint density at radius 3 is 2.58 bits per heavy atom. The first-order valence-electron chi connectivity index (χ1n) is 6.46. The summed E-state index contributed by atoms with van der Waals surface area (Å²) in [5.74, 6) is 0.310. The maximum absolute atomic E-state index is 14.0. The van der Waals surface area contributed by atoms with Crippen molar-refractivity contribution in [3.8, 4) is 0 Å². The summed E-state index contributed by atoms with van der Waals surface area (Å²) in [5, 5.41) is 4.27. The SMILES string of the molecule is CCc1c(CNC(C)(C)C)oc2c(F)c(Cl)ccc12. The van der Waals surface area contributed by atoms with E-state index in [0.717, 1.165) is 23.1 Å². The first-order chi connectivity index (χ1) is 8.83. The van der Waals surface area contributed by atoms with E-state index in [1.807, 2.05) is 13.0 Å². The lowest BCUT2D eigenvalue weighted by atomic mass is 10.1. The summed E-state index contributed by atoms with van der Waals surface area (Å²) in [7, 11) is 0. The first-order valence-corrected chi connectivity index (χ1v) is 6.84. The summed E-state index contributed by atoms with van der Waals surface area (Å²) in [6.45, 7) is 8.87. The molecule has 2 aromatic rings. The van der Waals surface area contributed by atoms with Gasteiger partial charge in [-0.2, -0.15) is 0 Å². The van der Waals surface area contributed by atoms with Gasteiger partial charge in [0.15, 0.2) is 11.4 Å². The standard InChI is InChI=1S/C15H19ClFNO/c1-5-9-10-6-7-11(16)13(17)14(10)19-12(9)8-18-15(2,3)4/h6-7,18H,5,8H2,1-4H3. The molecule has 19 heavy (non-hydrogen) atoms. The smallest absolute Gasteiger partial charge is 0.184 e. The van der Waals surface area contributed by atoms with Crippen molar-refractivity contribution in [2.45, 2.75) is 46.2 Å². The van der Waals surface area contributed by atoms with Crippen molar-refractivity contribution in [3.63, 3.8) is 0 Å². The van der Waals surface area contributed by atoms with Crippen molar-refractivity contribution in [3.05, 3.63) is 34.3 Å². The molecule has 0 fully saturated rings. The van der Waals surface area contributed by atoms with Crippen molar-refractivity contribution < 1.29 is 8.81 Å². The van der Waals surface area contributed by atoms with E-state index in [2.05, 4.69) is 26.1 Å². The predicted molar refractivity (Wildman–Crippen MR) is 77.2 cm³/mol. The van der Waals surface area contributed by atoms with Crippen LogP contribution in [0.25, 0.3) is 11.0 Å². The van der Waals surface area contributed by atoms with E-state index >= 15 is 0 Å². The second-order valence-electron chi connectivity index (χ2n) is 5.70. The molecule has 0 atom stereocenters. The number of rotatable bonds is 3. The van der Waals surface area contributed by atoms with Crippen molar-refractivity contribution in [2.75, 3.05) is 0 Å². The molecule has 1 heterocycles. The Morgan fingerprint density at radius 1 is 1.32 bits per heavy atom. The molecule has 1 aromatic heterocycles. The molecule has 0 unspecified atom stereocenters. The van der Waals surface area contributed by atoms with Crippen LogP contribution in [0.4, 0.5) is 4.39 Å². The molecule has 0 bridgehead atoms. The monoisotopic (exact) mass is 283 g/mol. The fourth-order valence-corrected chi connectivity index (χ4v) is 2.23. The summed E-state index contributed by atoms with van der Waals surface area (Å²) in [6, 6.07) is 3.40. The summed E-state index contributed by atoms with van der Waals surface area (Å²) >= 11 is 5.79. The molecule has 0 aliphatic rings. The lowest BCUT2D eigenvalue weighted by molar-refractivity contribution is 0.391. The molecule has 0 radical (unpaired) electrons.